The topological polar surface area (TPSA) is 95.2 Å². The van der Waals surface area contributed by atoms with E-state index in [2.05, 4.69) is 98.8 Å². The fourth-order valence-corrected chi connectivity index (χ4v) is 23.1. The molecule has 0 N–H and O–H groups in total. The number of thiophene rings is 6. The minimum Gasteiger partial charge on any atom is -0.192 e. The third-order valence-corrected chi connectivity index (χ3v) is 25.7. The van der Waals surface area contributed by atoms with E-state index >= 15 is 0 Å². The van der Waals surface area contributed by atoms with E-state index < -0.39 is 8.07 Å². The molecule has 0 unspecified atom stereocenters. The van der Waals surface area contributed by atoms with E-state index in [9.17, 15) is 21.0 Å². The average Bonchev–Trinajstić information content (AvgIpc) is 4.15. The van der Waals surface area contributed by atoms with Gasteiger partial charge in [-0.05, 0) is 107 Å². The number of unbranched alkanes of at least 4 members (excludes halogenated alkanes) is 10. The standard InChI is InChI=1S/C52H54N4S6Si/c1-5-9-11-13-15-17-27-63(28-18-16-14-12-10-6-2)49-29-47(45-25-23-43(59-45)41-21-19-39(57-41)37(7-3)35(31-53)32-54)61-51(49)52-50(63)30-48(62-52)46-26-24-44(60-46)42-22-20-40(58-42)38(8-4)36(33-55)34-56/h19-26,29-30H,5-18,27-28H2,1-4H3. The van der Waals surface area contributed by atoms with E-state index in [0.717, 1.165) is 20.9 Å². The molecule has 0 saturated carbocycles. The molecule has 6 aromatic heterocycles. The highest BCUT2D eigenvalue weighted by Gasteiger charge is 2.47. The zero-order valence-electron chi connectivity index (χ0n) is 36.8. The Balaban J connectivity index is 1.26. The highest BCUT2D eigenvalue weighted by molar-refractivity contribution is 7.34. The third kappa shape index (κ3) is 10.1. The van der Waals surface area contributed by atoms with Crippen LogP contribution < -0.4 is 10.4 Å². The molecule has 11 heteroatoms. The monoisotopic (exact) mass is 954 g/mol. The maximum absolute atomic E-state index is 9.59. The van der Waals surface area contributed by atoms with Crippen LogP contribution in [0.4, 0.5) is 0 Å². The largest absolute Gasteiger partial charge is 0.192 e. The van der Waals surface area contributed by atoms with Crippen LogP contribution in [0.1, 0.15) is 127 Å². The maximum Gasteiger partial charge on any atom is 0.134 e. The lowest BCUT2D eigenvalue weighted by Gasteiger charge is -2.29. The van der Waals surface area contributed by atoms with E-state index in [0.29, 0.717) is 12.8 Å². The van der Waals surface area contributed by atoms with Gasteiger partial charge in [-0.3, -0.25) is 0 Å². The lowest BCUT2D eigenvalue weighted by atomic mass is 10.1. The Morgan fingerprint density at radius 3 is 1.11 bits per heavy atom. The molecule has 0 aromatic carbocycles. The van der Waals surface area contributed by atoms with Gasteiger partial charge in [-0.2, -0.15) is 21.0 Å². The first-order chi connectivity index (χ1) is 30.9. The molecule has 6 aromatic rings. The van der Waals surface area contributed by atoms with Crippen molar-refractivity contribution in [2.75, 3.05) is 0 Å². The molecule has 0 amide bonds. The fourth-order valence-electron chi connectivity index (χ4n) is 9.03. The summed E-state index contributed by atoms with van der Waals surface area (Å²) in [6, 6.07) is 33.9. The summed E-state index contributed by atoms with van der Waals surface area (Å²) in [4.78, 5) is 15.3. The first-order valence-corrected chi connectivity index (χ1v) is 29.9. The van der Waals surface area contributed by atoms with Crippen molar-refractivity contribution >= 4 is 97.6 Å². The van der Waals surface area contributed by atoms with Crippen molar-refractivity contribution in [2.45, 2.75) is 130 Å². The van der Waals surface area contributed by atoms with Gasteiger partial charge in [-0.15, -0.1) is 68.0 Å². The number of nitrogens with zero attached hydrogens (tertiary/aromatic N) is 4. The second-order valence-electron chi connectivity index (χ2n) is 16.3. The Kier molecular flexibility index (Phi) is 16.5. The number of nitriles is 4. The summed E-state index contributed by atoms with van der Waals surface area (Å²) in [5.74, 6) is 0. The van der Waals surface area contributed by atoms with Crippen LogP contribution in [0.2, 0.25) is 12.1 Å². The van der Waals surface area contributed by atoms with Gasteiger partial charge in [0.05, 0.1) is 0 Å². The first-order valence-electron chi connectivity index (χ1n) is 22.6. The van der Waals surface area contributed by atoms with Crippen LogP contribution in [-0.2, 0) is 0 Å². The minimum atomic E-state index is -2.09. The van der Waals surface area contributed by atoms with Crippen molar-refractivity contribution in [3.8, 4) is 73.0 Å². The molecule has 7 heterocycles. The van der Waals surface area contributed by atoms with E-state index in [1.54, 1.807) is 33.0 Å². The summed E-state index contributed by atoms with van der Waals surface area (Å²) < 4.78 is 0. The maximum atomic E-state index is 9.59. The predicted octanol–water partition coefficient (Wildman–Crippen LogP) is 17.4. The van der Waals surface area contributed by atoms with Crippen molar-refractivity contribution in [1.29, 1.82) is 21.0 Å². The van der Waals surface area contributed by atoms with Crippen LogP contribution in [0.5, 0.6) is 0 Å². The van der Waals surface area contributed by atoms with Crippen LogP contribution in [0, 0.1) is 45.3 Å². The molecule has 0 aliphatic carbocycles. The normalized spacial score (nSPS) is 12.3. The summed E-state index contributed by atoms with van der Waals surface area (Å²) >= 11 is 11.1. The highest BCUT2D eigenvalue weighted by atomic mass is 32.1. The molecule has 0 saturated heterocycles. The summed E-state index contributed by atoms with van der Waals surface area (Å²) in [6.07, 6.45) is 17.1. The minimum absolute atomic E-state index is 0.208. The van der Waals surface area contributed by atoms with Crippen LogP contribution in [-0.4, -0.2) is 8.07 Å². The molecular formula is C52H54N4S6Si. The molecule has 63 heavy (non-hydrogen) atoms. The molecule has 0 atom stereocenters. The van der Waals surface area contributed by atoms with Gasteiger partial charge < -0.3 is 0 Å². The van der Waals surface area contributed by atoms with E-state index in [4.69, 9.17) is 0 Å². The lowest BCUT2D eigenvalue weighted by molar-refractivity contribution is 0.616. The molecule has 4 nitrogen and oxygen atoms in total. The Labute approximate surface area is 399 Å². The van der Waals surface area contributed by atoms with Gasteiger partial charge in [-0.1, -0.05) is 105 Å². The second-order valence-corrected chi connectivity index (χ2v) is 27.0. The average molecular weight is 956 g/mol. The molecule has 1 aliphatic rings. The Bertz CT molecular complexity index is 2550. The zero-order chi connectivity index (χ0) is 44.3. The Hall–Kier alpha value is -4.14. The van der Waals surface area contributed by atoms with Crippen molar-refractivity contribution in [2.24, 2.45) is 0 Å². The van der Waals surface area contributed by atoms with Crippen molar-refractivity contribution in [3.63, 3.8) is 0 Å². The Morgan fingerprint density at radius 2 is 0.746 bits per heavy atom. The second kappa shape index (κ2) is 22.2. The Morgan fingerprint density at radius 1 is 0.413 bits per heavy atom. The summed E-state index contributed by atoms with van der Waals surface area (Å²) in [5, 5.41) is 41.7. The smallest absolute Gasteiger partial charge is 0.134 e. The van der Waals surface area contributed by atoms with Gasteiger partial charge in [0.2, 0.25) is 0 Å². The van der Waals surface area contributed by atoms with E-state index in [-0.39, 0.29) is 11.1 Å². The van der Waals surface area contributed by atoms with Crippen LogP contribution in [0.3, 0.4) is 0 Å². The summed E-state index contributed by atoms with van der Waals surface area (Å²) in [6.45, 7) is 8.63. The van der Waals surface area contributed by atoms with Crippen molar-refractivity contribution < 1.29 is 0 Å². The van der Waals surface area contributed by atoms with E-state index in [1.165, 1.54) is 138 Å². The molecule has 0 fully saturated rings. The SMILES string of the molecule is CCCCCCCC[Si]1(CCCCCCCC)c2cc(-c3ccc(-c4ccc(C(CC)=C(C#N)C#N)s4)s3)sc2-c2sc(-c3ccc(-c4ccc(C(CC)=C(C#N)C#N)s4)s3)cc21. The number of rotatable bonds is 22. The summed E-state index contributed by atoms with van der Waals surface area (Å²) in [7, 11) is -2.09. The number of hydrogen-bond acceptors (Lipinski definition) is 10. The molecule has 1 aliphatic heterocycles. The summed E-state index contributed by atoms with van der Waals surface area (Å²) in [5.41, 5.74) is 2.07. The van der Waals surface area contributed by atoms with Gasteiger partial charge >= 0.3 is 0 Å². The van der Waals surface area contributed by atoms with Crippen LogP contribution in [0.15, 0.2) is 71.8 Å². The quantitative estimate of drug-likeness (QED) is 0.0385. The molecule has 0 radical (unpaired) electrons. The molecule has 0 bridgehead atoms. The van der Waals surface area contributed by atoms with Gasteiger partial charge in [0.15, 0.2) is 0 Å². The van der Waals surface area contributed by atoms with Crippen molar-refractivity contribution in [3.05, 3.63) is 81.6 Å². The van der Waals surface area contributed by atoms with Gasteiger partial charge in [0, 0.05) is 58.5 Å². The molecular weight excluding hydrogens is 901 g/mol. The number of allylic oxidation sites excluding steroid dienone is 4. The molecule has 322 valence electrons. The zero-order valence-corrected chi connectivity index (χ0v) is 42.7. The van der Waals surface area contributed by atoms with Crippen LogP contribution >= 0.6 is 68.0 Å². The van der Waals surface area contributed by atoms with E-state index in [1.807, 2.05) is 59.2 Å². The van der Waals surface area contributed by atoms with Crippen LogP contribution in [0.25, 0.3) is 59.9 Å². The van der Waals surface area contributed by atoms with Gasteiger partial charge in [0.1, 0.15) is 43.5 Å². The highest BCUT2D eigenvalue weighted by Crippen LogP contribution is 2.50. The fraction of sp³-hybridized carbons (Fsp3) is 0.385. The number of fused-ring (bicyclic) bond motifs is 3. The van der Waals surface area contributed by atoms with Gasteiger partial charge in [-0.25, -0.2) is 0 Å². The molecule has 0 spiro atoms. The van der Waals surface area contributed by atoms with Crippen molar-refractivity contribution in [1.82, 2.24) is 0 Å². The first kappa shape index (κ1) is 46.8. The predicted molar refractivity (Wildman–Crippen MR) is 279 cm³/mol. The third-order valence-electron chi connectivity index (χ3n) is 12.4. The molecule has 7 rings (SSSR count). The lowest BCUT2D eigenvalue weighted by Crippen LogP contribution is -2.54. The number of hydrogen-bond donors (Lipinski definition) is 0. The van der Waals surface area contributed by atoms with Gasteiger partial charge in [0.25, 0.3) is 0 Å².